The highest BCUT2D eigenvalue weighted by molar-refractivity contribution is 6.17. The van der Waals surface area contributed by atoms with Gasteiger partial charge in [0.25, 0.3) is 0 Å². The first-order valence-corrected chi connectivity index (χ1v) is 7.32. The van der Waals surface area contributed by atoms with Crippen LogP contribution in [0, 0.1) is 5.92 Å². The molecule has 1 N–H and O–H groups in total. The average molecular weight is 286 g/mol. The van der Waals surface area contributed by atoms with E-state index >= 15 is 0 Å². The molecule has 0 aliphatic heterocycles. The lowest BCUT2D eigenvalue weighted by Crippen LogP contribution is -2.23. The molecule has 0 aromatic heterocycles. The third-order valence-electron chi connectivity index (χ3n) is 3.80. The molecule has 102 valence electrons. The predicted molar refractivity (Wildman–Crippen MR) is 82.0 cm³/mol. The summed E-state index contributed by atoms with van der Waals surface area (Å²) in [6.07, 6.45) is 1.67. The highest BCUT2D eigenvalue weighted by Gasteiger charge is 2.26. The molecule has 0 spiro atoms. The number of hydrogen-bond donors (Lipinski definition) is 1. The molecule has 3 heteroatoms. The van der Waals surface area contributed by atoms with Gasteiger partial charge < -0.3 is 5.32 Å². The number of halogens is 1. The molecule has 0 radical (unpaired) electrons. The fourth-order valence-electron chi connectivity index (χ4n) is 2.67. The van der Waals surface area contributed by atoms with Crippen LogP contribution in [-0.2, 0) is 23.5 Å². The number of alkyl halides is 1. The molecule has 2 aromatic carbocycles. The number of anilines is 1. The molecule has 1 aliphatic carbocycles. The Morgan fingerprint density at radius 2 is 1.65 bits per heavy atom. The molecule has 1 amide bonds. The van der Waals surface area contributed by atoms with Crippen LogP contribution in [0.4, 0.5) is 5.69 Å². The van der Waals surface area contributed by atoms with Crippen LogP contribution in [-0.4, -0.2) is 5.91 Å². The zero-order valence-electron chi connectivity index (χ0n) is 11.1. The van der Waals surface area contributed by atoms with E-state index in [1.54, 1.807) is 0 Å². The SMILES string of the molecule is O=C(Nc1ccc(CCl)cc1)C1Cc2ccccc2C1. The Morgan fingerprint density at radius 3 is 2.20 bits per heavy atom. The Kier molecular flexibility index (Phi) is 3.75. The summed E-state index contributed by atoms with van der Waals surface area (Å²) in [7, 11) is 0. The summed E-state index contributed by atoms with van der Waals surface area (Å²) in [4.78, 5) is 12.3. The fourth-order valence-corrected chi connectivity index (χ4v) is 2.84. The quantitative estimate of drug-likeness (QED) is 0.855. The largest absolute Gasteiger partial charge is 0.326 e. The molecule has 0 unspecified atom stereocenters. The van der Waals surface area contributed by atoms with Crippen molar-refractivity contribution in [3.05, 3.63) is 65.2 Å². The first-order valence-electron chi connectivity index (χ1n) is 6.79. The van der Waals surface area contributed by atoms with Crippen LogP contribution in [0.25, 0.3) is 0 Å². The number of rotatable bonds is 3. The van der Waals surface area contributed by atoms with Gasteiger partial charge in [-0.2, -0.15) is 0 Å². The summed E-state index contributed by atoms with van der Waals surface area (Å²) in [5.74, 6) is 0.631. The summed E-state index contributed by atoms with van der Waals surface area (Å²) < 4.78 is 0. The second-order valence-electron chi connectivity index (χ2n) is 5.19. The maximum Gasteiger partial charge on any atom is 0.228 e. The van der Waals surface area contributed by atoms with Gasteiger partial charge in [0, 0.05) is 17.5 Å². The van der Waals surface area contributed by atoms with Gasteiger partial charge in [0.05, 0.1) is 0 Å². The maximum atomic E-state index is 12.3. The second-order valence-corrected chi connectivity index (χ2v) is 5.46. The minimum atomic E-state index is 0.0418. The van der Waals surface area contributed by atoms with Crippen LogP contribution in [0.2, 0.25) is 0 Å². The van der Waals surface area contributed by atoms with Gasteiger partial charge in [-0.3, -0.25) is 4.79 Å². The van der Waals surface area contributed by atoms with Crippen molar-refractivity contribution in [1.82, 2.24) is 0 Å². The van der Waals surface area contributed by atoms with E-state index in [2.05, 4.69) is 17.4 Å². The molecule has 1 aliphatic rings. The van der Waals surface area contributed by atoms with Crippen LogP contribution in [0.5, 0.6) is 0 Å². The standard InChI is InChI=1S/C17H16ClNO/c18-11-12-5-7-16(8-6-12)19-17(20)15-9-13-3-1-2-4-14(13)10-15/h1-8,15H,9-11H2,(H,19,20). The number of hydrogen-bond acceptors (Lipinski definition) is 1. The van der Waals surface area contributed by atoms with E-state index in [0.29, 0.717) is 5.88 Å². The Hall–Kier alpha value is -1.80. The number of benzene rings is 2. The van der Waals surface area contributed by atoms with Crippen molar-refractivity contribution in [1.29, 1.82) is 0 Å². The molecular formula is C17H16ClNO. The molecule has 0 fully saturated rings. The van der Waals surface area contributed by atoms with Crippen LogP contribution >= 0.6 is 11.6 Å². The van der Waals surface area contributed by atoms with E-state index in [-0.39, 0.29) is 11.8 Å². The Labute approximate surface area is 123 Å². The van der Waals surface area contributed by atoms with Crippen molar-refractivity contribution >= 4 is 23.2 Å². The fraction of sp³-hybridized carbons (Fsp3) is 0.235. The number of amides is 1. The average Bonchev–Trinajstić information content (AvgIpc) is 2.92. The molecule has 2 aromatic rings. The first kappa shape index (κ1) is 13.2. The zero-order valence-corrected chi connectivity index (χ0v) is 11.9. The monoisotopic (exact) mass is 285 g/mol. The second kappa shape index (κ2) is 5.68. The van der Waals surface area contributed by atoms with Gasteiger partial charge in [-0.15, -0.1) is 11.6 Å². The van der Waals surface area contributed by atoms with Gasteiger partial charge >= 0.3 is 0 Å². The topological polar surface area (TPSA) is 29.1 Å². The van der Waals surface area contributed by atoms with Gasteiger partial charge in [0.15, 0.2) is 0 Å². The lowest BCUT2D eigenvalue weighted by molar-refractivity contribution is -0.119. The molecule has 0 saturated carbocycles. The molecule has 0 heterocycles. The zero-order chi connectivity index (χ0) is 13.9. The highest BCUT2D eigenvalue weighted by Crippen LogP contribution is 2.27. The van der Waals surface area contributed by atoms with E-state index in [1.807, 2.05) is 36.4 Å². The normalized spacial score (nSPS) is 14.1. The van der Waals surface area contributed by atoms with Crippen LogP contribution in [0.3, 0.4) is 0 Å². The van der Waals surface area contributed by atoms with Crippen LogP contribution in [0.1, 0.15) is 16.7 Å². The molecule has 0 saturated heterocycles. The smallest absolute Gasteiger partial charge is 0.228 e. The van der Waals surface area contributed by atoms with Gasteiger partial charge in [0.1, 0.15) is 0 Å². The number of fused-ring (bicyclic) bond motifs is 1. The van der Waals surface area contributed by atoms with Gasteiger partial charge in [0.2, 0.25) is 5.91 Å². The Morgan fingerprint density at radius 1 is 1.05 bits per heavy atom. The molecule has 0 bridgehead atoms. The molecule has 20 heavy (non-hydrogen) atoms. The number of nitrogens with one attached hydrogen (secondary N) is 1. The summed E-state index contributed by atoms with van der Waals surface area (Å²) in [6, 6.07) is 16.0. The summed E-state index contributed by atoms with van der Waals surface area (Å²) >= 11 is 5.75. The van der Waals surface area contributed by atoms with E-state index in [4.69, 9.17) is 11.6 Å². The van der Waals surface area contributed by atoms with Gasteiger partial charge in [-0.1, -0.05) is 36.4 Å². The lowest BCUT2D eigenvalue weighted by atomic mass is 10.1. The third-order valence-corrected chi connectivity index (χ3v) is 4.11. The molecule has 0 atom stereocenters. The van der Waals surface area contributed by atoms with Crippen molar-refractivity contribution in [2.24, 2.45) is 5.92 Å². The van der Waals surface area contributed by atoms with Gasteiger partial charge in [-0.05, 0) is 41.7 Å². The summed E-state index contributed by atoms with van der Waals surface area (Å²) in [5.41, 5.74) is 4.48. The Balaban J connectivity index is 1.66. The lowest BCUT2D eigenvalue weighted by Gasteiger charge is -2.10. The van der Waals surface area contributed by atoms with Crippen molar-refractivity contribution in [2.75, 3.05) is 5.32 Å². The van der Waals surface area contributed by atoms with E-state index in [1.165, 1.54) is 11.1 Å². The minimum Gasteiger partial charge on any atom is -0.326 e. The first-order chi connectivity index (χ1) is 9.76. The highest BCUT2D eigenvalue weighted by atomic mass is 35.5. The Bertz CT molecular complexity index is 596. The molecule has 2 nitrogen and oxygen atoms in total. The maximum absolute atomic E-state index is 12.3. The van der Waals surface area contributed by atoms with Crippen molar-refractivity contribution in [3.8, 4) is 0 Å². The van der Waals surface area contributed by atoms with E-state index in [0.717, 1.165) is 24.1 Å². The number of carbonyl (C=O) groups excluding carboxylic acids is 1. The van der Waals surface area contributed by atoms with Crippen molar-refractivity contribution in [3.63, 3.8) is 0 Å². The van der Waals surface area contributed by atoms with Crippen LogP contribution < -0.4 is 5.32 Å². The number of carbonyl (C=O) groups is 1. The van der Waals surface area contributed by atoms with Crippen molar-refractivity contribution < 1.29 is 4.79 Å². The van der Waals surface area contributed by atoms with Crippen LogP contribution in [0.15, 0.2) is 48.5 Å². The van der Waals surface area contributed by atoms with Crippen molar-refractivity contribution in [2.45, 2.75) is 18.7 Å². The minimum absolute atomic E-state index is 0.0418. The van der Waals surface area contributed by atoms with E-state index in [9.17, 15) is 4.79 Å². The van der Waals surface area contributed by atoms with E-state index < -0.39 is 0 Å². The third kappa shape index (κ3) is 2.70. The molecule has 3 rings (SSSR count). The molecular weight excluding hydrogens is 270 g/mol. The van der Waals surface area contributed by atoms with Gasteiger partial charge in [-0.25, -0.2) is 0 Å². The summed E-state index contributed by atoms with van der Waals surface area (Å²) in [6.45, 7) is 0. The summed E-state index contributed by atoms with van der Waals surface area (Å²) in [5, 5.41) is 2.99. The predicted octanol–water partition coefficient (Wildman–Crippen LogP) is 3.78.